The first kappa shape index (κ1) is 55.3. The van der Waals surface area contributed by atoms with Crippen molar-refractivity contribution in [3.63, 3.8) is 0 Å². The van der Waals surface area contributed by atoms with Gasteiger partial charge in [0.1, 0.15) is 61.0 Å². The van der Waals surface area contributed by atoms with Crippen molar-refractivity contribution in [3.8, 4) is 0 Å². The zero-order chi connectivity index (χ0) is 49.5. The molecule has 3 aliphatic rings. The Morgan fingerprint density at radius 1 is 0.836 bits per heavy atom. The number of H-pyrrole nitrogens is 1. The van der Waals surface area contributed by atoms with Crippen LogP contribution in [-0.2, 0) is 47.7 Å². The molecule has 6 unspecified atom stereocenters. The summed E-state index contributed by atoms with van der Waals surface area (Å²) in [5.41, 5.74) is 3.92. The number of aromatic amines is 1. The Kier molecular flexibility index (Phi) is 21.8. The second kappa shape index (κ2) is 26.4. The summed E-state index contributed by atoms with van der Waals surface area (Å²) in [6.07, 6.45) is -6.06. The third-order valence-corrected chi connectivity index (χ3v) is 12.6. The van der Waals surface area contributed by atoms with Crippen molar-refractivity contribution in [2.24, 2.45) is 11.7 Å². The Balaban J connectivity index is 1.56. The molecule has 0 bridgehead atoms. The predicted molar refractivity (Wildman–Crippen MR) is 234 cm³/mol. The largest absolute Gasteiger partial charge is 0.481 e. The number of aromatic nitrogens is 2. The Morgan fingerprint density at radius 3 is 2.03 bits per heavy atom. The summed E-state index contributed by atoms with van der Waals surface area (Å²) in [5.74, 6) is -5.90. The summed E-state index contributed by atoms with van der Waals surface area (Å²) in [5, 5.41) is 63.8. The Hall–Kier alpha value is -4.33. The van der Waals surface area contributed by atoms with E-state index in [-0.39, 0.29) is 25.8 Å². The van der Waals surface area contributed by atoms with Crippen LogP contribution in [0.5, 0.6) is 0 Å². The standard InChI is InChI=1S/C44H71N5O18/c1-5-6-7-8-9-10-11-12-13-14-15-16-25(63-30(53)20-24(2)19-29(51)52)21-31(54)64-27-23-47(3)33(40(59)48(4)32(27)42(60)61)38(67-43-37(58)34(55)26(22-45)65-43)39-35(56)36(57)41(66-39)49-18-17-28(50)46-44(49)62/h17-18,24-27,32-39,41,43,55-58H,5-16,19-23,45H2,1-4H3,(H,51,52)(H,60,61)(H,46,50,62)/t24?,25?,26-,27?,32?,33?,34-,35+,36-,37-,38?,39+,41-,43+/m1/s1. The van der Waals surface area contributed by atoms with E-state index in [0.717, 1.165) is 60.9 Å². The average molecular weight is 958 g/mol. The molecule has 1 amide bonds. The average Bonchev–Trinajstić information content (AvgIpc) is 3.66. The lowest BCUT2D eigenvalue weighted by atomic mass is 9.97. The third-order valence-electron chi connectivity index (χ3n) is 12.6. The number of aliphatic carboxylic acids is 2. The molecule has 0 aromatic carbocycles. The molecule has 3 fully saturated rings. The monoisotopic (exact) mass is 957 g/mol. The number of unbranched alkanes of at least 4 members (excludes halogenated alkanes) is 10. The van der Waals surface area contributed by atoms with Crippen molar-refractivity contribution >= 4 is 29.8 Å². The van der Waals surface area contributed by atoms with E-state index in [1.165, 1.54) is 44.1 Å². The summed E-state index contributed by atoms with van der Waals surface area (Å²) in [6, 6.07) is -2.56. The van der Waals surface area contributed by atoms with E-state index < -0.39 is 139 Å². The van der Waals surface area contributed by atoms with E-state index in [4.69, 9.17) is 29.4 Å². The maximum atomic E-state index is 14.5. The number of carboxylic acid groups (broad SMARTS) is 2. The van der Waals surface area contributed by atoms with Gasteiger partial charge in [0.25, 0.3) is 5.56 Å². The van der Waals surface area contributed by atoms with Crippen LogP contribution in [-0.4, -0.2) is 180 Å². The van der Waals surface area contributed by atoms with Gasteiger partial charge in [-0.3, -0.25) is 38.4 Å². The fraction of sp³-hybridized carbons (Fsp3) is 0.795. The smallest absolute Gasteiger partial charge is 0.330 e. The molecular formula is C44H71N5O18. The molecule has 3 aliphatic heterocycles. The van der Waals surface area contributed by atoms with Gasteiger partial charge in [-0.1, -0.05) is 78.1 Å². The topological polar surface area (TPSA) is 340 Å². The number of rotatable bonds is 27. The molecule has 0 aliphatic carbocycles. The molecule has 0 radical (unpaired) electrons. The number of aliphatic hydroxyl groups excluding tert-OH is 4. The summed E-state index contributed by atoms with van der Waals surface area (Å²) >= 11 is 0. The molecule has 3 saturated heterocycles. The van der Waals surface area contributed by atoms with Gasteiger partial charge < -0.3 is 65.0 Å². The van der Waals surface area contributed by atoms with E-state index in [2.05, 4.69) is 6.92 Å². The van der Waals surface area contributed by atoms with Crippen LogP contribution in [0.25, 0.3) is 0 Å². The van der Waals surface area contributed by atoms with Crippen LogP contribution in [0.2, 0.25) is 0 Å². The fourth-order valence-corrected chi connectivity index (χ4v) is 8.95. The molecule has 380 valence electrons. The van der Waals surface area contributed by atoms with Crippen molar-refractivity contribution < 1.29 is 78.3 Å². The number of nitrogens with one attached hydrogen (secondary N) is 1. The van der Waals surface area contributed by atoms with E-state index >= 15 is 0 Å². The van der Waals surface area contributed by atoms with Gasteiger partial charge >= 0.3 is 29.6 Å². The van der Waals surface area contributed by atoms with E-state index in [1.54, 1.807) is 6.92 Å². The van der Waals surface area contributed by atoms with Gasteiger partial charge in [-0.25, -0.2) is 9.59 Å². The van der Waals surface area contributed by atoms with Gasteiger partial charge in [0.15, 0.2) is 18.6 Å². The Morgan fingerprint density at radius 2 is 1.46 bits per heavy atom. The fourth-order valence-electron chi connectivity index (χ4n) is 8.95. The number of esters is 2. The predicted octanol–water partition coefficient (Wildman–Crippen LogP) is -0.412. The second-order valence-corrected chi connectivity index (χ2v) is 18.0. The van der Waals surface area contributed by atoms with Crippen LogP contribution in [0.15, 0.2) is 21.9 Å². The molecule has 14 atom stereocenters. The molecule has 1 aromatic heterocycles. The normalized spacial score (nSPS) is 29.3. The van der Waals surface area contributed by atoms with Gasteiger partial charge in [-0.05, 0) is 25.8 Å². The SMILES string of the molecule is CCCCCCCCCCCCCC(CC(=O)OC1CN(C)C(C(O[C@@H]2O[C@H](CN)[C@@H](O)[C@H]2O)[C@H]2O[C@@H](n3ccc(=O)[nH]c3=O)[C@H](O)[C@@H]2O)C(=O)N(C)C1C(=O)O)OC(=O)CC(C)CC(=O)O. The minimum atomic E-state index is -1.95. The highest BCUT2D eigenvalue weighted by Gasteiger charge is 2.57. The number of carbonyl (C=O) groups excluding carboxylic acids is 3. The Labute approximate surface area is 388 Å². The third kappa shape index (κ3) is 15.3. The molecule has 9 N–H and O–H groups in total. The number of aliphatic hydroxyl groups is 4. The number of hydrogen-bond donors (Lipinski definition) is 8. The highest BCUT2D eigenvalue weighted by Crippen LogP contribution is 2.36. The van der Waals surface area contributed by atoms with Gasteiger partial charge in [0.05, 0.1) is 6.42 Å². The van der Waals surface area contributed by atoms with Crippen LogP contribution < -0.4 is 17.0 Å². The zero-order valence-electron chi connectivity index (χ0n) is 38.8. The summed E-state index contributed by atoms with van der Waals surface area (Å²) < 4.78 is 30.0. The van der Waals surface area contributed by atoms with Gasteiger partial charge in [-0.2, -0.15) is 0 Å². The summed E-state index contributed by atoms with van der Waals surface area (Å²) in [6.45, 7) is 2.99. The molecule has 23 nitrogen and oxygen atoms in total. The zero-order valence-corrected chi connectivity index (χ0v) is 38.8. The minimum absolute atomic E-state index is 0.226. The maximum absolute atomic E-state index is 14.5. The van der Waals surface area contributed by atoms with Crippen molar-refractivity contribution in [2.75, 3.05) is 27.2 Å². The van der Waals surface area contributed by atoms with Crippen LogP contribution in [0.4, 0.5) is 0 Å². The van der Waals surface area contributed by atoms with Gasteiger partial charge in [-0.15, -0.1) is 0 Å². The first-order chi connectivity index (χ1) is 31.8. The van der Waals surface area contributed by atoms with Crippen molar-refractivity contribution in [1.82, 2.24) is 19.4 Å². The number of likely N-dealkylation sites (N-methyl/N-ethyl adjacent to an activating group) is 2. The van der Waals surface area contributed by atoms with Crippen LogP contribution in [0.3, 0.4) is 0 Å². The molecule has 4 rings (SSSR count). The van der Waals surface area contributed by atoms with Gasteiger partial charge in [0, 0.05) is 45.2 Å². The van der Waals surface area contributed by atoms with Crippen LogP contribution in [0.1, 0.15) is 116 Å². The number of nitrogens with zero attached hydrogens (tertiary/aromatic N) is 3. The van der Waals surface area contributed by atoms with Crippen LogP contribution >= 0.6 is 0 Å². The highest BCUT2D eigenvalue weighted by atomic mass is 16.7. The highest BCUT2D eigenvalue weighted by molar-refractivity contribution is 5.88. The number of nitrogens with two attached hydrogens (primary N) is 1. The molecule has 23 heteroatoms. The number of carboxylic acids is 2. The lowest BCUT2D eigenvalue weighted by molar-refractivity contribution is -0.233. The lowest BCUT2D eigenvalue weighted by Crippen LogP contribution is -2.59. The van der Waals surface area contributed by atoms with Crippen LogP contribution in [0, 0.1) is 5.92 Å². The number of hydrogen-bond acceptors (Lipinski definition) is 18. The minimum Gasteiger partial charge on any atom is -0.481 e. The molecule has 67 heavy (non-hydrogen) atoms. The number of amides is 1. The van der Waals surface area contributed by atoms with E-state index in [9.17, 15) is 64.2 Å². The first-order valence-electron chi connectivity index (χ1n) is 23.3. The summed E-state index contributed by atoms with van der Waals surface area (Å²) in [7, 11) is 2.47. The molecular weight excluding hydrogens is 887 g/mol. The van der Waals surface area contributed by atoms with E-state index in [0.29, 0.717) is 6.42 Å². The van der Waals surface area contributed by atoms with E-state index in [1.807, 2.05) is 4.98 Å². The second-order valence-electron chi connectivity index (χ2n) is 18.0. The van der Waals surface area contributed by atoms with Gasteiger partial charge in [0.2, 0.25) is 5.91 Å². The number of ether oxygens (including phenoxy) is 5. The maximum Gasteiger partial charge on any atom is 0.330 e. The number of carbonyl (C=O) groups is 5. The lowest BCUT2D eigenvalue weighted by Gasteiger charge is -2.38. The molecule has 1 aromatic rings. The van der Waals surface area contributed by atoms with Crippen molar-refractivity contribution in [3.05, 3.63) is 33.1 Å². The molecule has 4 heterocycles. The Bertz CT molecular complexity index is 1900. The molecule has 0 spiro atoms. The quantitative estimate of drug-likeness (QED) is 0.0410. The first-order valence-corrected chi connectivity index (χ1v) is 23.3. The van der Waals surface area contributed by atoms with Crippen molar-refractivity contribution in [1.29, 1.82) is 0 Å². The molecule has 0 saturated carbocycles. The summed E-state index contributed by atoms with van der Waals surface area (Å²) in [4.78, 5) is 94.1. The van der Waals surface area contributed by atoms with Crippen molar-refractivity contribution in [2.45, 2.75) is 190 Å².